The van der Waals surface area contributed by atoms with E-state index in [2.05, 4.69) is 168 Å². The fourth-order valence-corrected chi connectivity index (χ4v) is 8.13. The Morgan fingerprint density at radius 1 is 0.800 bits per heavy atom. The lowest BCUT2D eigenvalue weighted by atomic mass is 9.76. The molecule has 0 saturated carbocycles. The predicted molar refractivity (Wildman–Crippen MR) is 190 cm³/mol. The number of hydrogen-bond acceptors (Lipinski definition) is 2. The van der Waals surface area contributed by atoms with Crippen molar-refractivity contribution in [2.75, 3.05) is 0 Å². The summed E-state index contributed by atoms with van der Waals surface area (Å²) >= 11 is 0. The van der Waals surface area contributed by atoms with Crippen molar-refractivity contribution < 1.29 is 4.43 Å². The normalized spacial score (nSPS) is 16.4. The van der Waals surface area contributed by atoms with E-state index in [-0.39, 0.29) is 16.6 Å². The molecule has 3 nitrogen and oxygen atoms in total. The number of nitrogens with zero attached hydrogens (tertiary/aromatic N) is 2. The smallest absolute Gasteiger partial charge is 0.192 e. The van der Waals surface area contributed by atoms with Gasteiger partial charge >= 0.3 is 0 Å². The van der Waals surface area contributed by atoms with Crippen molar-refractivity contribution in [2.24, 2.45) is 0 Å². The lowest BCUT2D eigenvalue weighted by Gasteiger charge is -2.39. The first-order valence-corrected chi connectivity index (χ1v) is 19.0. The second-order valence-corrected chi connectivity index (χ2v) is 19.4. The zero-order valence-corrected chi connectivity index (χ0v) is 28.8. The van der Waals surface area contributed by atoms with Crippen molar-refractivity contribution in [1.82, 2.24) is 9.55 Å². The number of fused-ring (bicyclic) bond motifs is 1. The van der Waals surface area contributed by atoms with Crippen LogP contribution in [0.1, 0.15) is 86.2 Å². The van der Waals surface area contributed by atoms with Gasteiger partial charge in [0.25, 0.3) is 0 Å². The Balaban J connectivity index is 1.50. The molecule has 1 aliphatic carbocycles. The van der Waals surface area contributed by atoms with Gasteiger partial charge in [-0.25, -0.2) is 4.98 Å². The Morgan fingerprint density at radius 2 is 1.31 bits per heavy atom. The topological polar surface area (TPSA) is 27.1 Å². The average Bonchev–Trinajstić information content (AvgIpc) is 3.61. The van der Waals surface area contributed by atoms with Crippen LogP contribution in [0.15, 0.2) is 128 Å². The molecule has 1 aromatic heterocycles. The van der Waals surface area contributed by atoms with E-state index < -0.39 is 13.9 Å². The number of imidazole rings is 1. The standard InChI is InChI=1S/C41H46N2OSi/c1-30(34-25-18-26-35-38(34)37(27-40(35,5)6)44-45(7,8)39(2,3)4)36-28-43(29-42-36)41(31-19-12-9-13-20-31,32-21-14-10-15-22-32)33-23-16-11-17-24-33/h9-26,28-29,37H,1,27H2,2-8H3. The van der Waals surface area contributed by atoms with E-state index in [4.69, 9.17) is 16.0 Å². The molecule has 5 aromatic rings. The van der Waals surface area contributed by atoms with Crippen LogP contribution in [-0.4, -0.2) is 17.9 Å². The average molecular weight is 611 g/mol. The van der Waals surface area contributed by atoms with Crippen LogP contribution in [0.5, 0.6) is 0 Å². The van der Waals surface area contributed by atoms with E-state index >= 15 is 0 Å². The van der Waals surface area contributed by atoms with Crippen LogP contribution in [-0.2, 0) is 15.4 Å². The summed E-state index contributed by atoms with van der Waals surface area (Å²) in [5.74, 6) is 0. The Labute approximate surface area is 270 Å². The summed E-state index contributed by atoms with van der Waals surface area (Å²) in [5, 5.41) is 0.125. The van der Waals surface area contributed by atoms with Gasteiger partial charge < -0.3 is 8.99 Å². The molecule has 0 spiro atoms. The van der Waals surface area contributed by atoms with E-state index in [9.17, 15) is 0 Å². The summed E-state index contributed by atoms with van der Waals surface area (Å²) in [6.07, 6.45) is 5.15. The lowest BCUT2D eigenvalue weighted by molar-refractivity contribution is 0.167. The Kier molecular flexibility index (Phi) is 7.87. The van der Waals surface area contributed by atoms with Crippen LogP contribution in [0.2, 0.25) is 18.1 Å². The van der Waals surface area contributed by atoms with E-state index in [0.717, 1.165) is 23.3 Å². The SMILES string of the molecule is C=C(c1cn(C(c2ccccc2)(c2ccccc2)c2ccccc2)cn1)c1cccc2c1C(O[Si](C)(C)C(C)(C)C)CC2(C)C. The molecule has 0 radical (unpaired) electrons. The summed E-state index contributed by atoms with van der Waals surface area (Å²) in [5.41, 5.74) is 8.47. The predicted octanol–water partition coefficient (Wildman–Crippen LogP) is 10.5. The fraction of sp³-hybridized carbons (Fsp3) is 0.293. The Hall–Kier alpha value is -3.99. The van der Waals surface area contributed by atoms with E-state index in [1.807, 2.05) is 6.33 Å². The molecule has 0 N–H and O–H groups in total. The molecular weight excluding hydrogens is 565 g/mol. The van der Waals surface area contributed by atoms with Crippen LogP contribution < -0.4 is 0 Å². The molecule has 0 amide bonds. The molecule has 1 aliphatic rings. The molecule has 1 unspecified atom stereocenters. The Bertz CT molecular complexity index is 1700. The third-order valence-electron chi connectivity index (χ3n) is 10.3. The van der Waals surface area contributed by atoms with E-state index in [1.165, 1.54) is 27.8 Å². The highest BCUT2D eigenvalue weighted by atomic mass is 28.4. The van der Waals surface area contributed by atoms with Gasteiger partial charge in [-0.3, -0.25) is 0 Å². The van der Waals surface area contributed by atoms with Gasteiger partial charge in [0.2, 0.25) is 0 Å². The van der Waals surface area contributed by atoms with Gasteiger partial charge in [-0.2, -0.15) is 0 Å². The summed E-state index contributed by atoms with van der Waals surface area (Å²) in [6, 6.07) is 38.9. The molecule has 45 heavy (non-hydrogen) atoms. The first-order valence-electron chi connectivity index (χ1n) is 16.1. The van der Waals surface area contributed by atoms with Crippen molar-refractivity contribution >= 4 is 13.9 Å². The van der Waals surface area contributed by atoms with Crippen LogP contribution in [0.25, 0.3) is 5.57 Å². The van der Waals surface area contributed by atoms with Crippen molar-refractivity contribution in [2.45, 2.75) is 76.2 Å². The van der Waals surface area contributed by atoms with Crippen LogP contribution in [0, 0.1) is 0 Å². The number of benzene rings is 4. The minimum atomic E-state index is -2.02. The summed E-state index contributed by atoms with van der Waals surface area (Å²) in [7, 11) is -2.02. The summed E-state index contributed by atoms with van der Waals surface area (Å²) in [6.45, 7) is 21.0. The molecule has 6 rings (SSSR count). The van der Waals surface area contributed by atoms with Crippen molar-refractivity contribution in [3.63, 3.8) is 0 Å². The molecule has 0 aliphatic heterocycles. The van der Waals surface area contributed by atoms with Gasteiger partial charge in [0, 0.05) is 11.8 Å². The highest BCUT2D eigenvalue weighted by Gasteiger charge is 2.46. The summed E-state index contributed by atoms with van der Waals surface area (Å²) in [4.78, 5) is 5.07. The minimum Gasteiger partial charge on any atom is -0.410 e. The fourth-order valence-electron chi connectivity index (χ4n) is 6.86. The molecular formula is C41H46N2OSi. The highest BCUT2D eigenvalue weighted by Crippen LogP contribution is 2.52. The molecule has 0 saturated heterocycles. The second kappa shape index (κ2) is 11.4. The van der Waals surface area contributed by atoms with Gasteiger partial charge in [-0.15, -0.1) is 0 Å². The maximum Gasteiger partial charge on any atom is 0.192 e. The van der Waals surface area contributed by atoms with Crippen LogP contribution in [0.3, 0.4) is 0 Å². The monoisotopic (exact) mass is 610 g/mol. The Morgan fingerprint density at radius 3 is 1.80 bits per heavy atom. The highest BCUT2D eigenvalue weighted by molar-refractivity contribution is 6.74. The van der Waals surface area contributed by atoms with Gasteiger partial charge in [-0.1, -0.05) is 150 Å². The van der Waals surface area contributed by atoms with Crippen LogP contribution in [0.4, 0.5) is 0 Å². The van der Waals surface area contributed by atoms with Gasteiger partial charge in [-0.05, 0) is 63.3 Å². The summed E-state index contributed by atoms with van der Waals surface area (Å²) < 4.78 is 9.43. The first-order chi connectivity index (χ1) is 21.4. The van der Waals surface area contributed by atoms with Gasteiger partial charge in [0.15, 0.2) is 8.32 Å². The largest absolute Gasteiger partial charge is 0.410 e. The van der Waals surface area contributed by atoms with Crippen molar-refractivity contribution in [3.05, 3.63) is 167 Å². The van der Waals surface area contributed by atoms with Crippen molar-refractivity contribution in [1.29, 1.82) is 0 Å². The van der Waals surface area contributed by atoms with Gasteiger partial charge in [0.1, 0.15) is 5.54 Å². The van der Waals surface area contributed by atoms with Crippen LogP contribution >= 0.6 is 0 Å². The molecule has 0 bridgehead atoms. The second-order valence-electron chi connectivity index (χ2n) is 14.7. The molecule has 1 atom stereocenters. The first kappa shape index (κ1) is 31.0. The maximum absolute atomic E-state index is 7.16. The third-order valence-corrected chi connectivity index (χ3v) is 14.8. The molecule has 0 fully saturated rings. The molecule has 4 aromatic carbocycles. The van der Waals surface area contributed by atoms with Gasteiger partial charge in [0.05, 0.1) is 18.1 Å². The third kappa shape index (κ3) is 5.34. The number of aromatic nitrogens is 2. The zero-order chi connectivity index (χ0) is 32.0. The number of hydrogen-bond donors (Lipinski definition) is 0. The minimum absolute atomic E-state index is 0.0150. The van der Waals surface area contributed by atoms with E-state index in [0.29, 0.717) is 0 Å². The lowest BCUT2D eigenvalue weighted by Crippen LogP contribution is -2.41. The molecule has 230 valence electrons. The zero-order valence-electron chi connectivity index (χ0n) is 27.8. The van der Waals surface area contributed by atoms with Crippen molar-refractivity contribution in [3.8, 4) is 0 Å². The number of rotatable bonds is 8. The quantitative estimate of drug-likeness (QED) is 0.129. The molecule has 4 heteroatoms. The van der Waals surface area contributed by atoms with E-state index in [1.54, 1.807) is 0 Å². The maximum atomic E-state index is 7.16. The molecule has 1 heterocycles.